The van der Waals surface area contributed by atoms with Crippen molar-refractivity contribution in [1.29, 1.82) is 0 Å². The van der Waals surface area contributed by atoms with Crippen molar-refractivity contribution >= 4 is 17.9 Å². The van der Waals surface area contributed by atoms with Crippen molar-refractivity contribution in [3.05, 3.63) is 28.0 Å². The molecule has 1 aromatic heterocycles. The Morgan fingerprint density at radius 3 is 2.67 bits per heavy atom. The topological polar surface area (TPSA) is 106 Å². The molecule has 3 heterocycles. The first-order valence-corrected chi connectivity index (χ1v) is 7.99. The van der Waals surface area contributed by atoms with Crippen LogP contribution < -0.4 is 0 Å². The van der Waals surface area contributed by atoms with Crippen LogP contribution in [0.3, 0.4) is 0 Å². The molecule has 0 saturated carbocycles. The molecule has 2 aliphatic heterocycles. The van der Waals surface area contributed by atoms with Crippen LogP contribution in [0.5, 0.6) is 0 Å². The van der Waals surface area contributed by atoms with Crippen LogP contribution >= 0.6 is 0 Å². The molecule has 0 aliphatic carbocycles. The fourth-order valence-electron chi connectivity index (χ4n) is 3.28. The average Bonchev–Trinajstić information content (AvgIpc) is 3.21. The number of hydrogen-bond donors (Lipinski definition) is 0. The van der Waals surface area contributed by atoms with Gasteiger partial charge in [0.25, 0.3) is 5.91 Å². The van der Waals surface area contributed by atoms with Gasteiger partial charge in [-0.25, -0.2) is 4.79 Å². The summed E-state index contributed by atoms with van der Waals surface area (Å²) in [4.78, 5) is 37.6. The van der Waals surface area contributed by atoms with Gasteiger partial charge in [-0.05, 0) is 25.3 Å². The summed E-state index contributed by atoms with van der Waals surface area (Å²) < 4.78 is 10.1. The Kier molecular flexibility index (Phi) is 4.41. The summed E-state index contributed by atoms with van der Waals surface area (Å²) in [6, 6.07) is 2.64. The van der Waals surface area contributed by atoms with E-state index in [4.69, 9.17) is 9.15 Å². The number of likely N-dealkylation sites (tertiary alicyclic amines) is 1. The highest BCUT2D eigenvalue weighted by Crippen LogP contribution is 2.26. The number of cyclic esters (lactones) is 1. The maximum Gasteiger partial charge on any atom is 0.433 e. The normalized spacial score (nSPS) is 21.9. The van der Waals surface area contributed by atoms with E-state index in [2.05, 4.69) is 0 Å². The predicted molar refractivity (Wildman–Crippen MR) is 81.6 cm³/mol. The molecule has 0 spiro atoms. The van der Waals surface area contributed by atoms with Gasteiger partial charge >= 0.3 is 12.0 Å². The van der Waals surface area contributed by atoms with Crippen LogP contribution in [-0.2, 0) is 4.74 Å². The highest BCUT2D eigenvalue weighted by molar-refractivity contribution is 5.91. The molecule has 2 amide bonds. The lowest BCUT2D eigenvalue weighted by atomic mass is 10.0. The number of rotatable bonds is 4. The van der Waals surface area contributed by atoms with E-state index in [9.17, 15) is 19.7 Å². The number of nitrogens with zero attached hydrogens (tertiary/aromatic N) is 3. The molecule has 1 atom stereocenters. The third-order valence-corrected chi connectivity index (χ3v) is 4.60. The average molecular weight is 337 g/mol. The second kappa shape index (κ2) is 6.50. The maximum atomic E-state index is 12.4. The smallest absolute Gasteiger partial charge is 0.433 e. The van der Waals surface area contributed by atoms with Crippen molar-refractivity contribution in [3.63, 3.8) is 0 Å². The second-order valence-corrected chi connectivity index (χ2v) is 5.96. The van der Waals surface area contributed by atoms with Crippen LogP contribution in [0.25, 0.3) is 0 Å². The molecule has 9 heteroatoms. The summed E-state index contributed by atoms with van der Waals surface area (Å²) in [5.74, 6) is -0.844. The Bertz CT molecular complexity index is 649. The molecule has 9 nitrogen and oxygen atoms in total. The van der Waals surface area contributed by atoms with Gasteiger partial charge in [0, 0.05) is 19.1 Å². The van der Waals surface area contributed by atoms with Gasteiger partial charge in [-0.2, -0.15) is 0 Å². The molecule has 2 aliphatic rings. The van der Waals surface area contributed by atoms with Crippen molar-refractivity contribution in [2.45, 2.75) is 38.3 Å². The molecular formula is C15H19N3O6. The molecule has 0 N–H and O–H groups in total. The number of hydrogen-bond acceptors (Lipinski definition) is 6. The van der Waals surface area contributed by atoms with E-state index >= 15 is 0 Å². The highest BCUT2D eigenvalue weighted by Gasteiger charge is 2.39. The third-order valence-electron chi connectivity index (χ3n) is 4.60. The first-order valence-electron chi connectivity index (χ1n) is 7.99. The van der Waals surface area contributed by atoms with Gasteiger partial charge in [-0.15, -0.1) is 0 Å². The summed E-state index contributed by atoms with van der Waals surface area (Å²) in [5, 5.41) is 10.6. The molecule has 1 unspecified atom stereocenters. The number of carbonyl (C=O) groups excluding carboxylic acids is 2. The zero-order valence-corrected chi connectivity index (χ0v) is 13.3. The molecule has 1 aromatic rings. The molecule has 0 radical (unpaired) electrons. The van der Waals surface area contributed by atoms with E-state index in [1.54, 1.807) is 9.80 Å². The lowest BCUT2D eigenvalue weighted by molar-refractivity contribution is -0.402. The molecule has 24 heavy (non-hydrogen) atoms. The van der Waals surface area contributed by atoms with Crippen LogP contribution in [0.4, 0.5) is 10.7 Å². The van der Waals surface area contributed by atoms with E-state index in [0.29, 0.717) is 32.5 Å². The standard InChI is InChI=1S/C15H19N3O6/c1-2-10-9-23-15(20)17(10)11-5-7-16(8-6-11)14(19)12-3-4-13(24-12)18(21)22/h3-4,10-11H,2,5-9H2,1H3. The van der Waals surface area contributed by atoms with Crippen LogP contribution in [-0.4, -0.2) is 58.5 Å². The fraction of sp³-hybridized carbons (Fsp3) is 0.600. The van der Waals surface area contributed by atoms with Gasteiger partial charge in [0.2, 0.25) is 0 Å². The van der Waals surface area contributed by atoms with E-state index < -0.39 is 10.8 Å². The number of piperidine rings is 1. The van der Waals surface area contributed by atoms with Crippen LogP contribution in [0.1, 0.15) is 36.7 Å². The van der Waals surface area contributed by atoms with Crippen molar-refractivity contribution in [2.75, 3.05) is 19.7 Å². The Morgan fingerprint density at radius 2 is 2.08 bits per heavy atom. The first kappa shape index (κ1) is 16.3. The van der Waals surface area contributed by atoms with Gasteiger partial charge < -0.3 is 14.1 Å². The van der Waals surface area contributed by atoms with Crippen LogP contribution in [0.15, 0.2) is 16.5 Å². The minimum Gasteiger partial charge on any atom is -0.447 e. The van der Waals surface area contributed by atoms with E-state index in [1.807, 2.05) is 6.92 Å². The largest absolute Gasteiger partial charge is 0.447 e. The molecule has 130 valence electrons. The molecule has 2 saturated heterocycles. The lowest BCUT2D eigenvalue weighted by Gasteiger charge is -2.37. The predicted octanol–water partition coefficient (Wildman–Crippen LogP) is 2.02. The number of amides is 2. The minimum absolute atomic E-state index is 0.0350. The number of furan rings is 1. The van der Waals surface area contributed by atoms with E-state index in [1.165, 1.54) is 12.1 Å². The quantitative estimate of drug-likeness (QED) is 0.614. The van der Waals surface area contributed by atoms with Gasteiger partial charge in [0.15, 0.2) is 5.76 Å². The second-order valence-electron chi connectivity index (χ2n) is 5.96. The number of carbonyl (C=O) groups is 2. The van der Waals surface area contributed by atoms with Crippen molar-refractivity contribution in [3.8, 4) is 0 Å². The minimum atomic E-state index is -0.674. The first-order chi connectivity index (χ1) is 11.5. The Morgan fingerprint density at radius 1 is 1.38 bits per heavy atom. The van der Waals surface area contributed by atoms with E-state index in [-0.39, 0.29) is 29.8 Å². The maximum absolute atomic E-state index is 12.4. The SMILES string of the molecule is CCC1COC(=O)N1C1CCN(C(=O)c2ccc([N+](=O)[O-])o2)CC1. The summed E-state index contributed by atoms with van der Waals surface area (Å²) in [7, 11) is 0. The van der Waals surface area contributed by atoms with Crippen molar-refractivity contribution in [1.82, 2.24) is 9.80 Å². The van der Waals surface area contributed by atoms with Crippen molar-refractivity contribution in [2.24, 2.45) is 0 Å². The van der Waals surface area contributed by atoms with Gasteiger partial charge in [-0.1, -0.05) is 6.92 Å². The number of nitro groups is 1. The lowest BCUT2D eigenvalue weighted by Crippen LogP contribution is -2.49. The number of ether oxygens (including phenoxy) is 1. The Labute approximate surface area is 138 Å². The van der Waals surface area contributed by atoms with Crippen LogP contribution in [0.2, 0.25) is 0 Å². The fourth-order valence-corrected chi connectivity index (χ4v) is 3.28. The summed E-state index contributed by atoms with van der Waals surface area (Å²) in [6.07, 6.45) is 1.86. The summed E-state index contributed by atoms with van der Waals surface area (Å²) in [6.45, 7) is 3.38. The molecule has 0 bridgehead atoms. The van der Waals surface area contributed by atoms with Crippen LogP contribution in [0, 0.1) is 10.1 Å². The van der Waals surface area contributed by atoms with Gasteiger partial charge in [0.1, 0.15) is 11.5 Å². The Hall–Kier alpha value is -2.58. The Balaban J connectivity index is 1.61. The zero-order chi connectivity index (χ0) is 17.3. The summed E-state index contributed by atoms with van der Waals surface area (Å²) >= 11 is 0. The highest BCUT2D eigenvalue weighted by atomic mass is 16.6. The van der Waals surface area contributed by atoms with E-state index in [0.717, 1.165) is 6.42 Å². The molecule has 2 fully saturated rings. The third kappa shape index (κ3) is 2.93. The molecule has 3 rings (SSSR count). The zero-order valence-electron chi connectivity index (χ0n) is 13.3. The van der Waals surface area contributed by atoms with Gasteiger partial charge in [0.05, 0.1) is 12.1 Å². The molecular weight excluding hydrogens is 318 g/mol. The van der Waals surface area contributed by atoms with Crippen molar-refractivity contribution < 1.29 is 23.7 Å². The summed E-state index contributed by atoms with van der Waals surface area (Å²) in [5.41, 5.74) is 0. The monoisotopic (exact) mass is 337 g/mol. The van der Waals surface area contributed by atoms with Gasteiger partial charge in [-0.3, -0.25) is 19.8 Å². The molecule has 0 aromatic carbocycles.